The van der Waals surface area contributed by atoms with Crippen LogP contribution in [0.5, 0.6) is 5.75 Å². The number of ether oxygens (including phenoxy) is 1. The van der Waals surface area contributed by atoms with Gasteiger partial charge in [0.05, 0.1) is 0 Å². The standard InChI is InChI=1S/C21H17ClO2/c1-2-3-4-13-5-6-14-10-19-17-8-7-16(22)9-15(17)12-24-20(19)11-18(14)21(13)23/h7-11,13H,4-6,12H2,1H3. The highest BCUT2D eigenvalue weighted by atomic mass is 35.5. The summed E-state index contributed by atoms with van der Waals surface area (Å²) >= 11 is 6.08. The van der Waals surface area contributed by atoms with E-state index in [0.717, 1.165) is 46.4 Å². The molecule has 0 aromatic heterocycles. The van der Waals surface area contributed by atoms with Crippen molar-refractivity contribution in [3.05, 3.63) is 52.0 Å². The van der Waals surface area contributed by atoms with Gasteiger partial charge in [-0.1, -0.05) is 17.7 Å². The molecule has 120 valence electrons. The average Bonchev–Trinajstić information content (AvgIpc) is 2.59. The minimum absolute atomic E-state index is 0.0117. The number of carbonyl (C=O) groups is 1. The van der Waals surface area contributed by atoms with Crippen LogP contribution in [0.2, 0.25) is 5.02 Å². The Morgan fingerprint density at radius 1 is 1.17 bits per heavy atom. The first kappa shape index (κ1) is 15.3. The van der Waals surface area contributed by atoms with Crippen molar-refractivity contribution in [1.29, 1.82) is 0 Å². The maximum atomic E-state index is 12.8. The highest BCUT2D eigenvalue weighted by molar-refractivity contribution is 6.30. The molecule has 0 N–H and O–H groups in total. The van der Waals surface area contributed by atoms with E-state index in [9.17, 15) is 4.79 Å². The molecule has 24 heavy (non-hydrogen) atoms. The van der Waals surface area contributed by atoms with Gasteiger partial charge in [0, 0.05) is 28.5 Å². The monoisotopic (exact) mass is 336 g/mol. The van der Waals surface area contributed by atoms with E-state index >= 15 is 0 Å². The Balaban J connectivity index is 1.77. The molecule has 4 rings (SSSR count). The minimum atomic E-state index is 0.0117. The Bertz CT molecular complexity index is 902. The highest BCUT2D eigenvalue weighted by Gasteiger charge is 2.29. The summed E-state index contributed by atoms with van der Waals surface area (Å²) in [7, 11) is 0. The zero-order valence-corrected chi connectivity index (χ0v) is 14.2. The molecule has 2 aromatic carbocycles. The first-order chi connectivity index (χ1) is 11.7. The molecular weight excluding hydrogens is 320 g/mol. The summed E-state index contributed by atoms with van der Waals surface area (Å²) in [4.78, 5) is 12.8. The Morgan fingerprint density at radius 2 is 2.04 bits per heavy atom. The zero-order valence-electron chi connectivity index (χ0n) is 13.5. The lowest BCUT2D eigenvalue weighted by Gasteiger charge is -2.27. The van der Waals surface area contributed by atoms with E-state index in [2.05, 4.69) is 17.9 Å². The number of halogens is 1. The van der Waals surface area contributed by atoms with Gasteiger partial charge >= 0.3 is 0 Å². The van der Waals surface area contributed by atoms with Crippen LogP contribution >= 0.6 is 11.6 Å². The van der Waals surface area contributed by atoms with Gasteiger partial charge in [0.1, 0.15) is 12.4 Å². The summed E-state index contributed by atoms with van der Waals surface area (Å²) < 4.78 is 5.90. The lowest BCUT2D eigenvalue weighted by molar-refractivity contribution is 0.0904. The number of carbonyl (C=O) groups excluding carboxylic acids is 1. The zero-order chi connectivity index (χ0) is 16.7. The van der Waals surface area contributed by atoms with E-state index in [1.807, 2.05) is 31.2 Å². The fraction of sp³-hybridized carbons (Fsp3) is 0.286. The number of aryl methyl sites for hydroxylation is 1. The maximum Gasteiger partial charge on any atom is 0.167 e. The molecule has 1 aliphatic carbocycles. The fourth-order valence-electron chi connectivity index (χ4n) is 3.59. The second-order valence-electron chi connectivity index (χ2n) is 6.33. The molecule has 1 heterocycles. The smallest absolute Gasteiger partial charge is 0.167 e. The van der Waals surface area contributed by atoms with Crippen LogP contribution in [0.25, 0.3) is 11.1 Å². The van der Waals surface area contributed by atoms with Gasteiger partial charge in [-0.2, -0.15) is 0 Å². The van der Waals surface area contributed by atoms with Gasteiger partial charge in [0.2, 0.25) is 0 Å². The van der Waals surface area contributed by atoms with Crippen LogP contribution in [0.1, 0.15) is 41.3 Å². The predicted molar refractivity (Wildman–Crippen MR) is 95.4 cm³/mol. The lowest BCUT2D eigenvalue weighted by Crippen LogP contribution is -2.23. The molecule has 0 saturated carbocycles. The summed E-state index contributed by atoms with van der Waals surface area (Å²) in [6.07, 6.45) is 2.43. The number of benzene rings is 2. The fourth-order valence-corrected chi connectivity index (χ4v) is 3.79. The third-order valence-electron chi connectivity index (χ3n) is 4.87. The van der Waals surface area contributed by atoms with Crippen LogP contribution < -0.4 is 4.74 Å². The molecule has 0 amide bonds. The van der Waals surface area contributed by atoms with Crippen molar-refractivity contribution in [3.63, 3.8) is 0 Å². The third kappa shape index (κ3) is 2.50. The maximum absolute atomic E-state index is 12.8. The second-order valence-corrected chi connectivity index (χ2v) is 6.76. The van der Waals surface area contributed by atoms with Crippen LogP contribution in [0.15, 0.2) is 30.3 Å². The van der Waals surface area contributed by atoms with Gasteiger partial charge < -0.3 is 4.74 Å². The Kier molecular flexibility index (Phi) is 3.82. The van der Waals surface area contributed by atoms with Crippen molar-refractivity contribution in [1.82, 2.24) is 0 Å². The molecule has 1 aliphatic heterocycles. The second kappa shape index (κ2) is 6.00. The number of ketones is 1. The summed E-state index contributed by atoms with van der Waals surface area (Å²) in [6.45, 7) is 2.30. The third-order valence-corrected chi connectivity index (χ3v) is 5.10. The molecule has 0 saturated heterocycles. The molecular formula is C21H17ClO2. The number of fused-ring (bicyclic) bond motifs is 4. The molecule has 3 heteroatoms. The van der Waals surface area contributed by atoms with E-state index < -0.39 is 0 Å². The van der Waals surface area contributed by atoms with Gasteiger partial charge in [-0.05, 0) is 60.7 Å². The van der Waals surface area contributed by atoms with Crippen molar-refractivity contribution in [2.75, 3.05) is 0 Å². The van der Waals surface area contributed by atoms with E-state index in [0.29, 0.717) is 18.1 Å². The minimum Gasteiger partial charge on any atom is -0.488 e. The molecule has 2 aromatic rings. The summed E-state index contributed by atoms with van der Waals surface area (Å²) in [5.74, 6) is 6.94. The van der Waals surface area contributed by atoms with Crippen LogP contribution in [0.4, 0.5) is 0 Å². The van der Waals surface area contributed by atoms with Gasteiger partial charge in [-0.15, -0.1) is 11.8 Å². The Labute approximate surface area is 146 Å². The summed E-state index contributed by atoms with van der Waals surface area (Å²) in [5.41, 5.74) is 5.22. The van der Waals surface area contributed by atoms with Crippen molar-refractivity contribution >= 4 is 17.4 Å². The van der Waals surface area contributed by atoms with E-state index in [1.54, 1.807) is 0 Å². The quantitative estimate of drug-likeness (QED) is 0.680. The summed E-state index contributed by atoms with van der Waals surface area (Å²) in [6, 6.07) is 9.94. The normalized spacial score (nSPS) is 17.8. The van der Waals surface area contributed by atoms with Crippen LogP contribution in [-0.2, 0) is 13.0 Å². The molecule has 0 bridgehead atoms. The number of rotatable bonds is 1. The van der Waals surface area contributed by atoms with Crippen LogP contribution in [-0.4, -0.2) is 5.78 Å². The van der Waals surface area contributed by atoms with Gasteiger partial charge in [0.15, 0.2) is 5.78 Å². The molecule has 0 radical (unpaired) electrons. The Hall–Kier alpha value is -2.24. The van der Waals surface area contributed by atoms with Gasteiger partial charge in [-0.25, -0.2) is 0 Å². The predicted octanol–water partition coefficient (Wildman–Crippen LogP) is 5.06. The van der Waals surface area contributed by atoms with Gasteiger partial charge in [0.25, 0.3) is 0 Å². The number of hydrogen-bond donors (Lipinski definition) is 0. The van der Waals surface area contributed by atoms with E-state index in [-0.39, 0.29) is 11.7 Å². The van der Waals surface area contributed by atoms with Crippen molar-refractivity contribution < 1.29 is 9.53 Å². The van der Waals surface area contributed by atoms with Crippen molar-refractivity contribution in [2.45, 2.75) is 32.8 Å². The van der Waals surface area contributed by atoms with Crippen LogP contribution in [0.3, 0.4) is 0 Å². The summed E-state index contributed by atoms with van der Waals surface area (Å²) in [5, 5.41) is 0.716. The largest absolute Gasteiger partial charge is 0.488 e. The molecule has 2 aliphatic rings. The van der Waals surface area contributed by atoms with Crippen LogP contribution in [0, 0.1) is 17.8 Å². The molecule has 0 fully saturated rings. The van der Waals surface area contributed by atoms with E-state index in [4.69, 9.17) is 16.3 Å². The van der Waals surface area contributed by atoms with E-state index in [1.165, 1.54) is 0 Å². The topological polar surface area (TPSA) is 26.3 Å². The molecule has 0 spiro atoms. The first-order valence-electron chi connectivity index (χ1n) is 8.19. The molecule has 1 unspecified atom stereocenters. The Morgan fingerprint density at radius 3 is 2.88 bits per heavy atom. The van der Waals surface area contributed by atoms with Gasteiger partial charge in [-0.3, -0.25) is 4.79 Å². The van der Waals surface area contributed by atoms with Crippen molar-refractivity contribution in [3.8, 4) is 28.7 Å². The molecule has 2 nitrogen and oxygen atoms in total. The average molecular weight is 337 g/mol. The molecule has 1 atom stereocenters. The lowest BCUT2D eigenvalue weighted by atomic mass is 9.79. The SMILES string of the molecule is CC#CCC1CCc2cc3c(cc2C1=O)OCc1cc(Cl)ccc1-3. The number of Topliss-reactive ketones (excluding diaryl/α,β-unsaturated/α-hetero) is 1. The highest BCUT2D eigenvalue weighted by Crippen LogP contribution is 2.42. The number of hydrogen-bond acceptors (Lipinski definition) is 2. The van der Waals surface area contributed by atoms with Crippen molar-refractivity contribution in [2.24, 2.45) is 5.92 Å². The first-order valence-corrected chi connectivity index (χ1v) is 8.57.